The summed E-state index contributed by atoms with van der Waals surface area (Å²) in [6.07, 6.45) is 4.09. The van der Waals surface area contributed by atoms with Crippen molar-refractivity contribution in [2.75, 3.05) is 23.3 Å². The maximum Gasteiger partial charge on any atom is 0.255 e. The number of pyridine rings is 1. The van der Waals surface area contributed by atoms with Crippen molar-refractivity contribution >= 4 is 17.4 Å². The summed E-state index contributed by atoms with van der Waals surface area (Å²) in [7, 11) is 0. The first-order valence-electron chi connectivity index (χ1n) is 7.90. The first-order valence-corrected chi connectivity index (χ1v) is 7.90. The molecule has 0 bridgehead atoms. The molecule has 1 fully saturated rings. The number of anilines is 2. The molecule has 0 saturated carbocycles. The summed E-state index contributed by atoms with van der Waals surface area (Å²) in [4.78, 5) is 18.8. The number of nitrogens with one attached hydrogen (secondary N) is 1. The van der Waals surface area contributed by atoms with Gasteiger partial charge < -0.3 is 10.2 Å². The van der Waals surface area contributed by atoms with Crippen molar-refractivity contribution in [3.05, 3.63) is 54.0 Å². The van der Waals surface area contributed by atoms with Crippen molar-refractivity contribution < 1.29 is 9.18 Å². The molecule has 1 aromatic heterocycles. The monoisotopic (exact) mass is 313 g/mol. The van der Waals surface area contributed by atoms with E-state index < -0.39 is 5.82 Å². The van der Waals surface area contributed by atoms with E-state index in [-0.39, 0.29) is 5.91 Å². The zero-order valence-electron chi connectivity index (χ0n) is 13.1. The Kier molecular flexibility index (Phi) is 4.55. The summed E-state index contributed by atoms with van der Waals surface area (Å²) in [6.45, 7) is 4.29. The molecule has 1 aliphatic rings. The lowest BCUT2D eigenvalue weighted by Gasteiger charge is -2.31. The molecule has 120 valence electrons. The van der Waals surface area contributed by atoms with Crippen LogP contribution in [0.5, 0.6) is 0 Å². The Labute approximate surface area is 135 Å². The Bertz CT molecular complexity index is 687. The van der Waals surface area contributed by atoms with Gasteiger partial charge >= 0.3 is 0 Å². The summed E-state index contributed by atoms with van der Waals surface area (Å²) in [5.41, 5.74) is 0.895. The number of hydrogen-bond donors (Lipinski definition) is 1. The molecule has 1 atom stereocenters. The minimum Gasteiger partial charge on any atom is -0.356 e. The SMILES string of the molecule is CC1CCCN(c2ccc(NC(=O)c3cccc(F)c3)cn2)C1. The van der Waals surface area contributed by atoms with E-state index in [2.05, 4.69) is 22.1 Å². The summed E-state index contributed by atoms with van der Waals surface area (Å²) in [5.74, 6) is 0.842. The maximum absolute atomic E-state index is 13.2. The minimum atomic E-state index is -0.426. The van der Waals surface area contributed by atoms with Gasteiger partial charge in [-0.2, -0.15) is 0 Å². The first kappa shape index (κ1) is 15.5. The average molecular weight is 313 g/mol. The van der Waals surface area contributed by atoms with Crippen LogP contribution in [0.1, 0.15) is 30.1 Å². The number of halogens is 1. The highest BCUT2D eigenvalue weighted by Crippen LogP contribution is 2.22. The smallest absolute Gasteiger partial charge is 0.255 e. The summed E-state index contributed by atoms with van der Waals surface area (Å²) < 4.78 is 13.2. The molecule has 5 heteroatoms. The number of amides is 1. The Morgan fingerprint density at radius 3 is 2.91 bits per heavy atom. The Balaban J connectivity index is 1.66. The number of carbonyl (C=O) groups is 1. The van der Waals surface area contributed by atoms with E-state index in [1.165, 1.54) is 31.0 Å². The van der Waals surface area contributed by atoms with Crippen LogP contribution in [-0.4, -0.2) is 24.0 Å². The van der Waals surface area contributed by atoms with Crippen molar-refractivity contribution in [2.24, 2.45) is 5.92 Å². The number of piperidine rings is 1. The highest BCUT2D eigenvalue weighted by molar-refractivity contribution is 6.04. The van der Waals surface area contributed by atoms with Crippen LogP contribution in [-0.2, 0) is 0 Å². The van der Waals surface area contributed by atoms with Crippen molar-refractivity contribution in [1.82, 2.24) is 4.98 Å². The molecule has 23 heavy (non-hydrogen) atoms. The van der Waals surface area contributed by atoms with E-state index in [1.807, 2.05) is 12.1 Å². The molecule has 3 rings (SSSR count). The van der Waals surface area contributed by atoms with Crippen LogP contribution in [0.4, 0.5) is 15.9 Å². The van der Waals surface area contributed by atoms with Gasteiger partial charge in [0.25, 0.3) is 5.91 Å². The van der Waals surface area contributed by atoms with Crippen LogP contribution in [0.25, 0.3) is 0 Å². The average Bonchev–Trinajstić information content (AvgIpc) is 2.55. The van der Waals surface area contributed by atoms with Gasteiger partial charge in [0.2, 0.25) is 0 Å². The predicted molar refractivity (Wildman–Crippen MR) is 89.2 cm³/mol. The molecule has 4 nitrogen and oxygen atoms in total. The summed E-state index contributed by atoms with van der Waals surface area (Å²) >= 11 is 0. The normalized spacial score (nSPS) is 17.8. The minimum absolute atomic E-state index is 0.291. The summed E-state index contributed by atoms with van der Waals surface area (Å²) in [6, 6.07) is 9.37. The van der Waals surface area contributed by atoms with Crippen LogP contribution in [0.3, 0.4) is 0 Å². The second kappa shape index (κ2) is 6.77. The molecule has 1 amide bonds. The summed E-state index contributed by atoms with van der Waals surface area (Å²) in [5, 5.41) is 2.74. The van der Waals surface area contributed by atoms with Crippen LogP contribution < -0.4 is 10.2 Å². The quantitative estimate of drug-likeness (QED) is 0.939. The number of rotatable bonds is 3. The first-order chi connectivity index (χ1) is 11.1. The van der Waals surface area contributed by atoms with E-state index in [4.69, 9.17) is 0 Å². The molecule has 0 radical (unpaired) electrons. The van der Waals surface area contributed by atoms with Crippen molar-refractivity contribution in [1.29, 1.82) is 0 Å². The third-order valence-corrected chi connectivity index (χ3v) is 4.07. The number of hydrogen-bond acceptors (Lipinski definition) is 3. The van der Waals surface area contributed by atoms with Crippen LogP contribution >= 0.6 is 0 Å². The van der Waals surface area contributed by atoms with Gasteiger partial charge in [-0.25, -0.2) is 9.37 Å². The molecule has 0 aliphatic carbocycles. The lowest BCUT2D eigenvalue weighted by molar-refractivity contribution is 0.102. The predicted octanol–water partition coefficient (Wildman–Crippen LogP) is 3.71. The van der Waals surface area contributed by atoms with Gasteiger partial charge in [-0.3, -0.25) is 4.79 Å². The second-order valence-electron chi connectivity index (χ2n) is 6.06. The van der Waals surface area contributed by atoms with Gasteiger partial charge in [-0.15, -0.1) is 0 Å². The van der Waals surface area contributed by atoms with E-state index in [0.29, 0.717) is 17.2 Å². The molecule has 1 saturated heterocycles. The number of aromatic nitrogens is 1. The van der Waals surface area contributed by atoms with Gasteiger partial charge in [-0.1, -0.05) is 13.0 Å². The fourth-order valence-corrected chi connectivity index (χ4v) is 2.88. The molecule has 1 unspecified atom stereocenters. The lowest BCUT2D eigenvalue weighted by atomic mass is 10.0. The highest BCUT2D eigenvalue weighted by Gasteiger charge is 2.17. The fourth-order valence-electron chi connectivity index (χ4n) is 2.88. The molecule has 1 N–H and O–H groups in total. The van der Waals surface area contributed by atoms with Crippen molar-refractivity contribution in [2.45, 2.75) is 19.8 Å². The molecule has 0 spiro atoms. The van der Waals surface area contributed by atoms with E-state index >= 15 is 0 Å². The third-order valence-electron chi connectivity index (χ3n) is 4.07. The topological polar surface area (TPSA) is 45.2 Å². The number of benzene rings is 1. The maximum atomic E-state index is 13.2. The number of nitrogens with zero attached hydrogens (tertiary/aromatic N) is 2. The van der Waals surface area contributed by atoms with Crippen LogP contribution in [0.15, 0.2) is 42.6 Å². The van der Waals surface area contributed by atoms with Gasteiger partial charge in [0.15, 0.2) is 0 Å². The van der Waals surface area contributed by atoms with Gasteiger partial charge in [-0.05, 0) is 49.1 Å². The second-order valence-corrected chi connectivity index (χ2v) is 6.06. The standard InChI is InChI=1S/C18H20FN3O/c1-13-4-3-9-22(12-13)17-8-7-16(11-20-17)21-18(23)14-5-2-6-15(19)10-14/h2,5-8,10-11,13H,3-4,9,12H2,1H3,(H,21,23). The number of carbonyl (C=O) groups excluding carboxylic acids is 1. The fraction of sp³-hybridized carbons (Fsp3) is 0.333. The molecule has 1 aromatic carbocycles. The van der Waals surface area contributed by atoms with Gasteiger partial charge in [0, 0.05) is 18.7 Å². The van der Waals surface area contributed by atoms with Gasteiger partial charge in [0.05, 0.1) is 11.9 Å². The van der Waals surface area contributed by atoms with Gasteiger partial charge in [0.1, 0.15) is 11.6 Å². The van der Waals surface area contributed by atoms with E-state index in [9.17, 15) is 9.18 Å². The lowest BCUT2D eigenvalue weighted by Crippen LogP contribution is -2.34. The Morgan fingerprint density at radius 1 is 1.35 bits per heavy atom. The zero-order chi connectivity index (χ0) is 16.2. The Hall–Kier alpha value is -2.43. The van der Waals surface area contributed by atoms with E-state index in [0.717, 1.165) is 18.9 Å². The molecule has 2 heterocycles. The molecule has 2 aromatic rings. The van der Waals surface area contributed by atoms with Crippen molar-refractivity contribution in [3.8, 4) is 0 Å². The molecular weight excluding hydrogens is 293 g/mol. The van der Waals surface area contributed by atoms with E-state index in [1.54, 1.807) is 12.3 Å². The van der Waals surface area contributed by atoms with Crippen molar-refractivity contribution in [3.63, 3.8) is 0 Å². The molecule has 1 aliphatic heterocycles. The molecular formula is C18H20FN3O. The highest BCUT2D eigenvalue weighted by atomic mass is 19.1. The third kappa shape index (κ3) is 3.86. The zero-order valence-corrected chi connectivity index (χ0v) is 13.1. The Morgan fingerprint density at radius 2 is 2.22 bits per heavy atom. The largest absolute Gasteiger partial charge is 0.356 e. The van der Waals surface area contributed by atoms with Crippen LogP contribution in [0, 0.1) is 11.7 Å². The van der Waals surface area contributed by atoms with Crippen LogP contribution in [0.2, 0.25) is 0 Å².